The third kappa shape index (κ3) is 4.33. The number of carbonyl (C=O) groups excluding carboxylic acids is 1. The van der Waals surface area contributed by atoms with Crippen LogP contribution in [0.15, 0.2) is 12.1 Å². The van der Waals surface area contributed by atoms with Gasteiger partial charge >= 0.3 is 0 Å². The number of unbranched alkanes of at least 4 members (excludes halogenated alkanes) is 1. The van der Waals surface area contributed by atoms with Crippen molar-refractivity contribution in [2.24, 2.45) is 11.5 Å². The molecule has 90 valence electrons. The van der Waals surface area contributed by atoms with Crippen molar-refractivity contribution in [1.29, 1.82) is 0 Å². The minimum atomic E-state index is -0.224. The predicted octanol–water partition coefficient (Wildman–Crippen LogP) is 2.36. The summed E-state index contributed by atoms with van der Waals surface area (Å²) >= 11 is 1.79. The minimum Gasteiger partial charge on any atom is -0.370 e. The molecule has 1 amide bonds. The summed E-state index contributed by atoms with van der Waals surface area (Å²) in [5.41, 5.74) is 11.1. The Balaban J connectivity index is 2.29. The molecule has 0 saturated heterocycles. The number of aryl methyl sites for hydroxylation is 1. The molecule has 0 saturated carbocycles. The lowest BCUT2D eigenvalue weighted by Crippen LogP contribution is -2.11. The zero-order chi connectivity index (χ0) is 12.0. The first-order valence-electron chi connectivity index (χ1n) is 5.76. The van der Waals surface area contributed by atoms with Crippen LogP contribution < -0.4 is 11.5 Å². The number of nitrogens with two attached hydrogens (primary N) is 2. The Labute approximate surface area is 101 Å². The number of hydrogen-bond donors (Lipinski definition) is 2. The van der Waals surface area contributed by atoms with Gasteiger partial charge in [0.2, 0.25) is 5.91 Å². The van der Waals surface area contributed by atoms with Gasteiger partial charge < -0.3 is 11.5 Å². The van der Waals surface area contributed by atoms with Crippen LogP contribution in [0.1, 0.15) is 48.4 Å². The Kier molecular flexibility index (Phi) is 5.49. The van der Waals surface area contributed by atoms with E-state index in [1.807, 2.05) is 0 Å². The Morgan fingerprint density at radius 2 is 2.19 bits per heavy atom. The molecule has 1 atom stereocenters. The maximum atomic E-state index is 10.5. The van der Waals surface area contributed by atoms with Gasteiger partial charge in [0.25, 0.3) is 0 Å². The van der Waals surface area contributed by atoms with Crippen LogP contribution in [-0.2, 0) is 11.2 Å². The number of amides is 1. The van der Waals surface area contributed by atoms with Crippen LogP contribution in [0.3, 0.4) is 0 Å². The highest BCUT2D eigenvalue weighted by Gasteiger charge is 2.08. The van der Waals surface area contributed by atoms with E-state index < -0.39 is 0 Å². The second-order valence-electron chi connectivity index (χ2n) is 3.98. The van der Waals surface area contributed by atoms with E-state index in [9.17, 15) is 4.79 Å². The molecule has 0 bridgehead atoms. The molecule has 3 nitrogen and oxygen atoms in total. The molecule has 1 aromatic rings. The molecule has 0 spiro atoms. The average Bonchev–Trinajstić information content (AvgIpc) is 2.72. The van der Waals surface area contributed by atoms with Gasteiger partial charge in [0.15, 0.2) is 0 Å². The summed E-state index contributed by atoms with van der Waals surface area (Å²) < 4.78 is 0. The molecule has 0 aromatic carbocycles. The predicted molar refractivity (Wildman–Crippen MR) is 68.3 cm³/mol. The lowest BCUT2D eigenvalue weighted by molar-refractivity contribution is -0.118. The van der Waals surface area contributed by atoms with Crippen molar-refractivity contribution in [3.8, 4) is 0 Å². The quantitative estimate of drug-likeness (QED) is 0.718. The SMILES string of the molecule is CCc1ccc(C(N)CCCCC(N)=O)s1. The number of hydrogen-bond acceptors (Lipinski definition) is 3. The van der Waals surface area contributed by atoms with Gasteiger partial charge in [0, 0.05) is 22.2 Å². The van der Waals surface area contributed by atoms with Crippen molar-refractivity contribution >= 4 is 17.2 Å². The summed E-state index contributed by atoms with van der Waals surface area (Å²) in [5.74, 6) is -0.224. The van der Waals surface area contributed by atoms with Crippen LogP contribution in [0.4, 0.5) is 0 Å². The standard InChI is InChI=1S/C12H20N2OS/c1-2-9-7-8-11(16-9)10(13)5-3-4-6-12(14)15/h7-8,10H,2-6,13H2,1H3,(H2,14,15). The van der Waals surface area contributed by atoms with Crippen molar-refractivity contribution < 1.29 is 4.79 Å². The van der Waals surface area contributed by atoms with Gasteiger partial charge in [0.1, 0.15) is 0 Å². The third-order valence-electron chi connectivity index (χ3n) is 2.58. The minimum absolute atomic E-state index is 0.109. The van der Waals surface area contributed by atoms with Crippen LogP contribution in [0.5, 0.6) is 0 Å². The van der Waals surface area contributed by atoms with Gasteiger partial charge in [-0.3, -0.25) is 4.79 Å². The zero-order valence-electron chi connectivity index (χ0n) is 9.74. The highest BCUT2D eigenvalue weighted by Crippen LogP contribution is 2.25. The largest absolute Gasteiger partial charge is 0.370 e. The highest BCUT2D eigenvalue weighted by molar-refractivity contribution is 7.12. The van der Waals surface area contributed by atoms with Gasteiger partial charge in [-0.25, -0.2) is 0 Å². The van der Waals surface area contributed by atoms with Crippen molar-refractivity contribution in [3.05, 3.63) is 21.9 Å². The Bertz CT molecular complexity index is 336. The summed E-state index contributed by atoms with van der Waals surface area (Å²) in [7, 11) is 0. The molecule has 1 heterocycles. The number of thiophene rings is 1. The topological polar surface area (TPSA) is 69.1 Å². The number of carbonyl (C=O) groups is 1. The molecule has 1 rings (SSSR count). The van der Waals surface area contributed by atoms with Crippen LogP contribution in [0.25, 0.3) is 0 Å². The molecule has 1 aromatic heterocycles. The first kappa shape index (κ1) is 13.2. The first-order chi connectivity index (χ1) is 7.63. The van der Waals surface area contributed by atoms with Crippen molar-refractivity contribution in [1.82, 2.24) is 0 Å². The van der Waals surface area contributed by atoms with E-state index in [2.05, 4.69) is 19.1 Å². The van der Waals surface area contributed by atoms with E-state index in [1.54, 1.807) is 11.3 Å². The van der Waals surface area contributed by atoms with E-state index in [4.69, 9.17) is 11.5 Å². The van der Waals surface area contributed by atoms with Crippen LogP contribution in [0, 0.1) is 0 Å². The average molecular weight is 240 g/mol. The fourth-order valence-electron chi connectivity index (χ4n) is 1.59. The lowest BCUT2D eigenvalue weighted by Gasteiger charge is -2.08. The van der Waals surface area contributed by atoms with E-state index in [0.29, 0.717) is 6.42 Å². The molecule has 0 aliphatic carbocycles. The number of primary amides is 1. The fourth-order valence-corrected chi connectivity index (χ4v) is 2.58. The molecule has 0 radical (unpaired) electrons. The second kappa shape index (κ2) is 6.66. The Hall–Kier alpha value is -0.870. The van der Waals surface area contributed by atoms with E-state index >= 15 is 0 Å². The molecule has 0 fully saturated rings. The van der Waals surface area contributed by atoms with E-state index in [-0.39, 0.29) is 11.9 Å². The molecular formula is C12H20N2OS. The first-order valence-corrected chi connectivity index (χ1v) is 6.57. The van der Waals surface area contributed by atoms with E-state index in [0.717, 1.165) is 25.7 Å². The van der Waals surface area contributed by atoms with Crippen molar-refractivity contribution in [3.63, 3.8) is 0 Å². The van der Waals surface area contributed by atoms with Crippen molar-refractivity contribution in [2.45, 2.75) is 45.1 Å². The fraction of sp³-hybridized carbons (Fsp3) is 0.583. The molecule has 4 heteroatoms. The van der Waals surface area contributed by atoms with Crippen LogP contribution in [0.2, 0.25) is 0 Å². The lowest BCUT2D eigenvalue weighted by atomic mass is 10.1. The Morgan fingerprint density at radius 3 is 2.75 bits per heavy atom. The summed E-state index contributed by atoms with van der Waals surface area (Å²) in [6.45, 7) is 2.15. The zero-order valence-corrected chi connectivity index (χ0v) is 10.6. The van der Waals surface area contributed by atoms with E-state index in [1.165, 1.54) is 9.75 Å². The van der Waals surface area contributed by atoms with Gasteiger partial charge in [-0.05, 0) is 31.4 Å². The smallest absolute Gasteiger partial charge is 0.217 e. The highest BCUT2D eigenvalue weighted by atomic mass is 32.1. The second-order valence-corrected chi connectivity index (χ2v) is 5.18. The molecule has 1 unspecified atom stereocenters. The summed E-state index contributed by atoms with van der Waals surface area (Å²) in [5, 5.41) is 0. The summed E-state index contributed by atoms with van der Waals surface area (Å²) in [6.07, 6.45) is 4.27. The van der Waals surface area contributed by atoms with Gasteiger partial charge in [-0.1, -0.05) is 13.3 Å². The molecule has 0 aliphatic rings. The molecule has 0 aliphatic heterocycles. The maximum absolute atomic E-state index is 10.5. The third-order valence-corrected chi connectivity index (χ3v) is 3.95. The van der Waals surface area contributed by atoms with Gasteiger partial charge in [0.05, 0.1) is 0 Å². The number of rotatable bonds is 7. The van der Waals surface area contributed by atoms with Gasteiger partial charge in [-0.2, -0.15) is 0 Å². The summed E-state index contributed by atoms with van der Waals surface area (Å²) in [6, 6.07) is 4.36. The van der Waals surface area contributed by atoms with Crippen LogP contribution in [-0.4, -0.2) is 5.91 Å². The monoisotopic (exact) mass is 240 g/mol. The Morgan fingerprint density at radius 1 is 1.44 bits per heavy atom. The molecule has 16 heavy (non-hydrogen) atoms. The normalized spacial score (nSPS) is 12.6. The molecule has 4 N–H and O–H groups in total. The van der Waals surface area contributed by atoms with Crippen LogP contribution >= 0.6 is 11.3 Å². The molecular weight excluding hydrogens is 220 g/mol. The van der Waals surface area contributed by atoms with Gasteiger partial charge in [-0.15, -0.1) is 11.3 Å². The maximum Gasteiger partial charge on any atom is 0.217 e. The summed E-state index contributed by atoms with van der Waals surface area (Å²) in [4.78, 5) is 13.2. The van der Waals surface area contributed by atoms with Crippen molar-refractivity contribution in [2.75, 3.05) is 0 Å².